The van der Waals surface area contributed by atoms with Crippen molar-refractivity contribution >= 4 is 33.4 Å². The highest BCUT2D eigenvalue weighted by Crippen LogP contribution is 2.40. The summed E-state index contributed by atoms with van der Waals surface area (Å²) in [6, 6.07) is 22.8. The maximum absolute atomic E-state index is 13.3. The third-order valence-electron chi connectivity index (χ3n) is 4.07. The smallest absolute Gasteiger partial charge is 0.151 e. The lowest BCUT2D eigenvalue weighted by Gasteiger charge is -2.04. The van der Waals surface area contributed by atoms with Crippen LogP contribution in [0.5, 0.6) is 0 Å². The van der Waals surface area contributed by atoms with Gasteiger partial charge in [0.1, 0.15) is 5.58 Å². The fraction of sp³-hybridized carbons (Fsp3) is 0.0476. The van der Waals surface area contributed by atoms with Gasteiger partial charge in [-0.1, -0.05) is 60.1 Å². The van der Waals surface area contributed by atoms with E-state index in [1.807, 2.05) is 79.7 Å². The van der Waals surface area contributed by atoms with E-state index in [0.717, 1.165) is 27.0 Å². The Morgan fingerprint density at radius 3 is 2.24 bits per heavy atom. The lowest BCUT2D eigenvalue weighted by Crippen LogP contribution is -1.94. The van der Waals surface area contributed by atoms with Crippen molar-refractivity contribution in [2.75, 3.05) is 0 Å². The zero-order valence-electron chi connectivity index (χ0n) is 13.5. The summed E-state index contributed by atoms with van der Waals surface area (Å²) in [6.45, 7) is 1.95. The number of furan rings is 1. The van der Waals surface area contributed by atoms with Crippen LogP contribution in [-0.4, -0.2) is 4.21 Å². The highest BCUT2D eigenvalue weighted by molar-refractivity contribution is 7.85. The van der Waals surface area contributed by atoms with Crippen LogP contribution in [0, 0.1) is 6.92 Å². The van der Waals surface area contributed by atoms with Crippen LogP contribution in [0.2, 0.25) is 5.02 Å². The van der Waals surface area contributed by atoms with Crippen molar-refractivity contribution in [2.45, 2.75) is 16.7 Å². The Labute approximate surface area is 153 Å². The number of fused-ring (bicyclic) bond motifs is 1. The van der Waals surface area contributed by atoms with Crippen LogP contribution in [-0.2, 0) is 10.8 Å². The van der Waals surface area contributed by atoms with Crippen molar-refractivity contribution in [3.63, 3.8) is 0 Å². The quantitative estimate of drug-likeness (QED) is 0.430. The summed E-state index contributed by atoms with van der Waals surface area (Å²) in [5.74, 6) is 0.628. The number of halogens is 1. The van der Waals surface area contributed by atoms with Crippen molar-refractivity contribution in [1.82, 2.24) is 0 Å². The molecule has 0 unspecified atom stereocenters. The Hall–Kier alpha value is -2.36. The third-order valence-corrected chi connectivity index (χ3v) is 5.77. The second kappa shape index (κ2) is 6.51. The molecule has 0 aliphatic heterocycles. The van der Waals surface area contributed by atoms with Gasteiger partial charge >= 0.3 is 0 Å². The van der Waals surface area contributed by atoms with Gasteiger partial charge in [-0.2, -0.15) is 0 Å². The van der Waals surface area contributed by atoms with Gasteiger partial charge in [-0.05, 0) is 36.8 Å². The second-order valence-corrected chi connectivity index (χ2v) is 7.66. The van der Waals surface area contributed by atoms with Crippen LogP contribution in [0.4, 0.5) is 0 Å². The molecule has 0 N–H and O–H groups in total. The van der Waals surface area contributed by atoms with Gasteiger partial charge in [0.15, 0.2) is 5.76 Å². The summed E-state index contributed by atoms with van der Waals surface area (Å²) in [5, 5.41) is 1.41. The molecule has 0 radical (unpaired) electrons. The summed E-state index contributed by atoms with van der Waals surface area (Å²) in [7, 11) is -1.37. The van der Waals surface area contributed by atoms with E-state index in [0.29, 0.717) is 15.7 Å². The van der Waals surface area contributed by atoms with Crippen LogP contribution in [0.15, 0.2) is 87.0 Å². The summed E-state index contributed by atoms with van der Waals surface area (Å²) in [4.78, 5) is 1.40. The highest BCUT2D eigenvalue weighted by atomic mass is 35.5. The zero-order valence-corrected chi connectivity index (χ0v) is 15.1. The predicted molar refractivity (Wildman–Crippen MR) is 103 cm³/mol. The number of hydrogen-bond acceptors (Lipinski definition) is 2. The summed E-state index contributed by atoms with van der Waals surface area (Å²) < 4.78 is 19.5. The first-order chi connectivity index (χ1) is 12.1. The molecular weight excluding hydrogens is 352 g/mol. The Kier molecular flexibility index (Phi) is 4.20. The molecule has 0 bridgehead atoms. The van der Waals surface area contributed by atoms with E-state index in [-0.39, 0.29) is 0 Å². The molecule has 4 aromatic rings. The molecular formula is C21H15ClO2S. The van der Waals surface area contributed by atoms with Gasteiger partial charge in [0.05, 0.1) is 15.7 Å². The Morgan fingerprint density at radius 1 is 0.920 bits per heavy atom. The standard InChI is InChI=1S/C21H15ClO2S/c1-14-12-16(22)13-18-19(14)24-20(15-8-4-2-5-9-15)21(18)25(23)17-10-6-3-7-11-17/h2-13H,1H3/t25-/m1/s1. The van der Waals surface area contributed by atoms with E-state index in [1.165, 1.54) is 0 Å². The van der Waals surface area contributed by atoms with Crippen LogP contribution in [0.3, 0.4) is 0 Å². The van der Waals surface area contributed by atoms with Gasteiger partial charge in [0.2, 0.25) is 0 Å². The topological polar surface area (TPSA) is 30.2 Å². The molecule has 0 amide bonds. The highest BCUT2D eigenvalue weighted by Gasteiger charge is 2.23. The van der Waals surface area contributed by atoms with Crippen molar-refractivity contribution in [3.8, 4) is 11.3 Å². The first-order valence-electron chi connectivity index (χ1n) is 7.90. The molecule has 0 saturated carbocycles. The average molecular weight is 367 g/mol. The molecule has 25 heavy (non-hydrogen) atoms. The second-order valence-electron chi connectivity index (χ2n) is 5.81. The molecule has 1 heterocycles. The normalized spacial score (nSPS) is 12.4. The molecule has 0 aliphatic carbocycles. The SMILES string of the molecule is Cc1cc(Cl)cc2c([S@](=O)c3ccccc3)c(-c3ccccc3)oc12. The van der Waals surface area contributed by atoms with Gasteiger partial charge in [-0.15, -0.1) is 0 Å². The van der Waals surface area contributed by atoms with E-state index < -0.39 is 10.8 Å². The molecule has 0 spiro atoms. The number of aryl methyl sites for hydroxylation is 1. The molecule has 4 rings (SSSR count). The lowest BCUT2D eigenvalue weighted by molar-refractivity contribution is 0.620. The molecule has 1 aromatic heterocycles. The van der Waals surface area contributed by atoms with Crippen molar-refractivity contribution in [2.24, 2.45) is 0 Å². The summed E-state index contributed by atoms with van der Waals surface area (Å²) in [5.41, 5.74) is 2.55. The zero-order chi connectivity index (χ0) is 17.4. The van der Waals surface area contributed by atoms with Crippen LogP contribution in [0.1, 0.15) is 5.56 Å². The van der Waals surface area contributed by atoms with Gasteiger partial charge in [-0.3, -0.25) is 0 Å². The van der Waals surface area contributed by atoms with Crippen LogP contribution < -0.4 is 0 Å². The summed E-state index contributed by atoms with van der Waals surface area (Å²) in [6.07, 6.45) is 0. The minimum Gasteiger partial charge on any atom is -0.454 e. The summed E-state index contributed by atoms with van der Waals surface area (Å²) >= 11 is 6.26. The van der Waals surface area contributed by atoms with Crippen molar-refractivity contribution < 1.29 is 8.63 Å². The Morgan fingerprint density at radius 2 is 1.56 bits per heavy atom. The van der Waals surface area contributed by atoms with E-state index >= 15 is 0 Å². The van der Waals surface area contributed by atoms with Gasteiger partial charge in [0, 0.05) is 20.9 Å². The first-order valence-corrected chi connectivity index (χ1v) is 9.43. The minimum atomic E-state index is -1.37. The largest absolute Gasteiger partial charge is 0.454 e. The van der Waals surface area contributed by atoms with Gasteiger partial charge in [-0.25, -0.2) is 4.21 Å². The van der Waals surface area contributed by atoms with E-state index in [9.17, 15) is 4.21 Å². The Balaban J connectivity index is 2.05. The van der Waals surface area contributed by atoms with Gasteiger partial charge < -0.3 is 4.42 Å². The molecule has 124 valence electrons. The first kappa shape index (κ1) is 16.1. The Bertz CT molecular complexity index is 1070. The predicted octanol–water partition coefficient (Wildman–Crippen LogP) is 6.23. The monoisotopic (exact) mass is 366 g/mol. The maximum atomic E-state index is 13.3. The van der Waals surface area contributed by atoms with E-state index in [4.69, 9.17) is 16.0 Å². The van der Waals surface area contributed by atoms with Crippen molar-refractivity contribution in [3.05, 3.63) is 83.4 Å². The number of rotatable bonds is 3. The van der Waals surface area contributed by atoms with Crippen LogP contribution in [0.25, 0.3) is 22.3 Å². The average Bonchev–Trinajstić information content (AvgIpc) is 3.02. The molecule has 4 heteroatoms. The molecule has 0 fully saturated rings. The van der Waals surface area contributed by atoms with E-state index in [2.05, 4.69) is 0 Å². The minimum absolute atomic E-state index is 0.608. The third kappa shape index (κ3) is 2.90. The molecule has 2 nitrogen and oxygen atoms in total. The molecule has 1 atom stereocenters. The van der Waals surface area contributed by atoms with E-state index in [1.54, 1.807) is 0 Å². The van der Waals surface area contributed by atoms with Gasteiger partial charge in [0.25, 0.3) is 0 Å². The maximum Gasteiger partial charge on any atom is 0.151 e. The lowest BCUT2D eigenvalue weighted by atomic mass is 10.1. The van der Waals surface area contributed by atoms with Crippen molar-refractivity contribution in [1.29, 1.82) is 0 Å². The number of benzene rings is 3. The molecule has 3 aromatic carbocycles. The van der Waals surface area contributed by atoms with Crippen LogP contribution >= 0.6 is 11.6 Å². The number of hydrogen-bond donors (Lipinski definition) is 0. The fourth-order valence-corrected chi connectivity index (χ4v) is 4.52. The fourth-order valence-electron chi connectivity index (χ4n) is 2.93. The molecule has 0 saturated heterocycles. The molecule has 0 aliphatic rings.